The molecule has 8 nitrogen and oxygen atoms in total. The van der Waals surface area contributed by atoms with Crippen molar-refractivity contribution >= 4 is 12.0 Å². The number of ether oxygens (including phenoxy) is 2. The second-order valence-corrected chi connectivity index (χ2v) is 9.83. The van der Waals surface area contributed by atoms with Crippen molar-refractivity contribution in [2.24, 2.45) is 0 Å². The van der Waals surface area contributed by atoms with Crippen molar-refractivity contribution in [3.63, 3.8) is 0 Å². The summed E-state index contributed by atoms with van der Waals surface area (Å²) in [7, 11) is 1.38. The summed E-state index contributed by atoms with van der Waals surface area (Å²) in [6.45, 7) is 3.37. The topological polar surface area (TPSA) is 85.7 Å². The van der Waals surface area contributed by atoms with E-state index in [4.69, 9.17) is 9.84 Å². The number of methoxy groups -OCH3 is 1. The van der Waals surface area contributed by atoms with E-state index in [0.29, 0.717) is 25.2 Å². The number of hydrogen-bond acceptors (Lipinski definition) is 5. The van der Waals surface area contributed by atoms with Gasteiger partial charge in [-0.1, -0.05) is 19.3 Å². The molecule has 1 aromatic heterocycles. The number of alkyl carbamates (subject to hydrolysis) is 1. The van der Waals surface area contributed by atoms with Crippen LogP contribution >= 0.6 is 0 Å². The van der Waals surface area contributed by atoms with Gasteiger partial charge in [0.15, 0.2) is 0 Å². The third-order valence-corrected chi connectivity index (χ3v) is 7.31. The molecule has 0 aromatic carbocycles. The van der Waals surface area contributed by atoms with Crippen LogP contribution < -0.4 is 5.32 Å². The lowest BCUT2D eigenvalue weighted by Crippen LogP contribution is -2.44. The molecule has 2 saturated carbocycles. The molecule has 184 valence electrons. The summed E-state index contributed by atoms with van der Waals surface area (Å²) in [6.07, 6.45) is 12.1. The molecule has 1 saturated heterocycles. The van der Waals surface area contributed by atoms with E-state index >= 15 is 0 Å². The molecular weight excluding hydrogens is 420 g/mol. The Hall–Kier alpha value is -2.09. The van der Waals surface area contributed by atoms with Crippen molar-refractivity contribution in [1.29, 1.82) is 0 Å². The van der Waals surface area contributed by atoms with E-state index in [2.05, 4.69) is 32.6 Å². The molecule has 0 unspecified atom stereocenters. The van der Waals surface area contributed by atoms with Gasteiger partial charge in [0.1, 0.15) is 6.10 Å². The summed E-state index contributed by atoms with van der Waals surface area (Å²) >= 11 is 0. The molecule has 1 aliphatic heterocycles. The fourth-order valence-corrected chi connectivity index (χ4v) is 5.30. The largest absolute Gasteiger partial charge is 0.453 e. The first kappa shape index (κ1) is 24.0. The maximum atomic E-state index is 13.4. The van der Waals surface area contributed by atoms with Crippen molar-refractivity contribution in [2.75, 3.05) is 20.3 Å². The Morgan fingerprint density at radius 3 is 2.61 bits per heavy atom. The number of aryl methyl sites for hydroxylation is 1. The van der Waals surface area contributed by atoms with E-state index in [9.17, 15) is 9.59 Å². The van der Waals surface area contributed by atoms with Gasteiger partial charge in [-0.2, -0.15) is 5.10 Å². The van der Waals surface area contributed by atoms with Gasteiger partial charge < -0.3 is 19.7 Å². The summed E-state index contributed by atoms with van der Waals surface area (Å²) in [4.78, 5) is 26.8. The summed E-state index contributed by atoms with van der Waals surface area (Å²) in [5, 5.41) is 7.86. The summed E-state index contributed by atoms with van der Waals surface area (Å²) in [6, 6.07) is 2.87. The summed E-state index contributed by atoms with van der Waals surface area (Å²) in [5.41, 5.74) is 2.18. The van der Waals surface area contributed by atoms with Crippen LogP contribution in [0.4, 0.5) is 4.79 Å². The smallest absolute Gasteiger partial charge is 0.406 e. The van der Waals surface area contributed by atoms with Crippen LogP contribution in [0.15, 0.2) is 6.07 Å². The molecule has 2 aliphatic carbocycles. The second kappa shape index (κ2) is 11.4. The number of nitrogens with one attached hydrogen (secondary N) is 1. The highest BCUT2D eigenvalue weighted by Crippen LogP contribution is 2.37. The van der Waals surface area contributed by atoms with Gasteiger partial charge >= 0.3 is 6.09 Å². The van der Waals surface area contributed by atoms with Crippen LogP contribution in [-0.4, -0.2) is 59.1 Å². The van der Waals surface area contributed by atoms with Gasteiger partial charge in [0.05, 0.1) is 24.9 Å². The number of aromatic nitrogens is 2. The van der Waals surface area contributed by atoms with Gasteiger partial charge in [0, 0.05) is 24.9 Å². The summed E-state index contributed by atoms with van der Waals surface area (Å²) < 4.78 is 12.7. The van der Waals surface area contributed by atoms with Crippen molar-refractivity contribution in [2.45, 2.75) is 108 Å². The average Bonchev–Trinajstić information content (AvgIpc) is 3.60. The zero-order valence-electron chi connectivity index (χ0n) is 20.3. The maximum Gasteiger partial charge on any atom is 0.406 e. The number of carbonyl (C=O) groups is 2. The third-order valence-electron chi connectivity index (χ3n) is 7.31. The fraction of sp³-hybridized carbons (Fsp3) is 0.800. The van der Waals surface area contributed by atoms with E-state index in [0.717, 1.165) is 63.5 Å². The van der Waals surface area contributed by atoms with Gasteiger partial charge in [-0.15, -0.1) is 0 Å². The van der Waals surface area contributed by atoms with E-state index in [1.54, 1.807) is 0 Å². The van der Waals surface area contributed by atoms with Crippen LogP contribution in [0, 0.1) is 0 Å². The number of rotatable bonds is 9. The monoisotopic (exact) mass is 460 g/mol. The molecule has 4 rings (SSSR count). The lowest BCUT2D eigenvalue weighted by molar-refractivity contribution is -0.149. The Morgan fingerprint density at radius 1 is 1.18 bits per heavy atom. The number of amides is 2. The van der Waals surface area contributed by atoms with Gasteiger partial charge in [-0.3, -0.25) is 9.48 Å². The zero-order chi connectivity index (χ0) is 23.2. The molecule has 0 radical (unpaired) electrons. The van der Waals surface area contributed by atoms with Crippen LogP contribution in [0.2, 0.25) is 0 Å². The van der Waals surface area contributed by atoms with Crippen LogP contribution in [0.1, 0.15) is 101 Å². The average molecular weight is 461 g/mol. The number of hydrogen-bond donors (Lipinski definition) is 1. The highest BCUT2D eigenvalue weighted by molar-refractivity contribution is 5.82. The minimum atomic E-state index is -0.395. The predicted molar refractivity (Wildman–Crippen MR) is 125 cm³/mol. The Labute approximate surface area is 197 Å². The Balaban J connectivity index is 1.50. The van der Waals surface area contributed by atoms with E-state index < -0.39 is 6.09 Å². The standard InChI is InChI=1S/C25H40N4O4/c1-18(28(19-13-14-19)24(30)23-12-6-7-16-33-23)22-17-21(11-8-15-26-25(31)32-2)29(27-22)20-9-4-3-5-10-20/h17-20,23H,3-16H2,1-2H3,(H,26,31)/t18-,23-/m1/s1. The first-order chi connectivity index (χ1) is 16.1. The van der Waals surface area contributed by atoms with Crippen LogP contribution in [0.5, 0.6) is 0 Å². The maximum absolute atomic E-state index is 13.4. The Bertz CT molecular complexity index is 794. The molecule has 2 atom stereocenters. The number of nitrogens with zero attached hydrogens (tertiary/aromatic N) is 3. The highest BCUT2D eigenvalue weighted by atomic mass is 16.5. The van der Waals surface area contributed by atoms with Crippen LogP contribution in [-0.2, 0) is 20.7 Å². The molecule has 0 bridgehead atoms. The Morgan fingerprint density at radius 2 is 1.94 bits per heavy atom. The lowest BCUT2D eigenvalue weighted by Gasteiger charge is -2.33. The van der Waals surface area contributed by atoms with Crippen molar-refractivity contribution in [1.82, 2.24) is 20.0 Å². The van der Waals surface area contributed by atoms with E-state index in [1.165, 1.54) is 32.1 Å². The molecule has 1 aromatic rings. The molecule has 1 N–H and O–H groups in total. The zero-order valence-corrected chi connectivity index (χ0v) is 20.3. The molecule has 33 heavy (non-hydrogen) atoms. The third kappa shape index (κ3) is 6.08. The van der Waals surface area contributed by atoms with Gasteiger partial charge in [-0.05, 0) is 70.8 Å². The number of carbonyl (C=O) groups excluding carboxylic acids is 2. The molecular formula is C25H40N4O4. The van der Waals surface area contributed by atoms with Crippen molar-refractivity contribution < 1.29 is 19.1 Å². The predicted octanol–water partition coefficient (Wildman–Crippen LogP) is 4.30. The lowest BCUT2D eigenvalue weighted by atomic mass is 9.95. The highest BCUT2D eigenvalue weighted by Gasteiger charge is 2.40. The normalized spacial score (nSPS) is 22.5. The molecule has 3 fully saturated rings. The summed E-state index contributed by atoms with van der Waals surface area (Å²) in [5.74, 6) is 0.140. The van der Waals surface area contributed by atoms with Crippen LogP contribution in [0.25, 0.3) is 0 Å². The molecule has 8 heteroatoms. The molecule has 0 spiro atoms. The van der Waals surface area contributed by atoms with Gasteiger partial charge in [0.2, 0.25) is 0 Å². The van der Waals surface area contributed by atoms with Gasteiger partial charge in [-0.25, -0.2) is 4.79 Å². The van der Waals surface area contributed by atoms with Crippen molar-refractivity contribution in [3.8, 4) is 0 Å². The van der Waals surface area contributed by atoms with E-state index in [-0.39, 0.29) is 18.1 Å². The molecule has 2 heterocycles. The van der Waals surface area contributed by atoms with Crippen LogP contribution in [0.3, 0.4) is 0 Å². The SMILES string of the molecule is COC(=O)NCCCc1cc([C@@H](C)N(C(=O)[C@H]2CCCCO2)C2CC2)nn1C1CCCCC1. The van der Waals surface area contributed by atoms with E-state index in [1.807, 2.05) is 0 Å². The second-order valence-electron chi connectivity index (χ2n) is 9.83. The molecule has 3 aliphatic rings. The minimum absolute atomic E-state index is 0.0627. The van der Waals surface area contributed by atoms with Gasteiger partial charge in [0.25, 0.3) is 5.91 Å². The fourth-order valence-electron chi connectivity index (χ4n) is 5.30. The Kier molecular flexibility index (Phi) is 8.28. The molecule has 2 amide bonds. The van der Waals surface area contributed by atoms with Crippen molar-refractivity contribution in [3.05, 3.63) is 17.5 Å². The quantitative estimate of drug-likeness (QED) is 0.556. The first-order valence-electron chi connectivity index (χ1n) is 12.9. The first-order valence-corrected chi connectivity index (χ1v) is 12.9. The minimum Gasteiger partial charge on any atom is -0.453 e.